The third-order valence-electron chi connectivity index (χ3n) is 6.39. The van der Waals surface area contributed by atoms with Crippen molar-refractivity contribution in [3.8, 4) is 22.5 Å². The van der Waals surface area contributed by atoms with E-state index in [2.05, 4.69) is 56.3 Å². The molecule has 0 spiro atoms. The molecule has 0 aliphatic carbocycles. The number of benzene rings is 2. The number of nitrogens with zero attached hydrogens (tertiary/aromatic N) is 3. The Hall–Kier alpha value is -3.65. The second kappa shape index (κ2) is 8.23. The number of aromatic amines is 2. The van der Waals surface area contributed by atoms with E-state index in [1.807, 2.05) is 33.2 Å². The van der Waals surface area contributed by atoms with E-state index < -0.39 is 5.60 Å². The van der Waals surface area contributed by atoms with Crippen LogP contribution in [0, 0.1) is 0 Å². The molecule has 178 valence electrons. The normalized spacial score (nSPS) is 16.4. The standard InChI is InChI=1S/C27H27N5O2S/c1-27(2,3)34-26(33)32-10-4-5-22(32)25-29-14-21(31-25)17-7-9-19-18-8-6-16(20-13-28-15-30-20)11-23(18)35-24(19)12-17/h6-9,11-15,22H,4-5,10H2,1-3H3,(H,28,30)(H,29,31). The van der Waals surface area contributed by atoms with Gasteiger partial charge in [0, 0.05) is 37.8 Å². The molecule has 1 fully saturated rings. The van der Waals surface area contributed by atoms with Gasteiger partial charge in [0.2, 0.25) is 0 Å². The Kier molecular flexibility index (Phi) is 5.14. The molecular formula is C27H27N5O2S. The third kappa shape index (κ3) is 4.08. The summed E-state index contributed by atoms with van der Waals surface area (Å²) in [4.78, 5) is 30.0. The molecule has 7 nitrogen and oxygen atoms in total. The summed E-state index contributed by atoms with van der Waals surface area (Å²) in [6.07, 6.45) is 6.95. The number of H-pyrrole nitrogens is 2. The number of carbonyl (C=O) groups is 1. The third-order valence-corrected chi connectivity index (χ3v) is 7.50. The Bertz CT molecular complexity index is 1530. The number of rotatable bonds is 3. The van der Waals surface area contributed by atoms with Crippen LogP contribution in [0.25, 0.3) is 42.7 Å². The second-order valence-corrected chi connectivity index (χ2v) is 11.1. The molecule has 2 N–H and O–H groups in total. The quantitative estimate of drug-likeness (QED) is 0.291. The Labute approximate surface area is 207 Å². The number of imidazole rings is 2. The summed E-state index contributed by atoms with van der Waals surface area (Å²) in [7, 11) is 0. The molecule has 0 bridgehead atoms. The number of hydrogen-bond donors (Lipinski definition) is 2. The lowest BCUT2D eigenvalue weighted by atomic mass is 10.1. The number of likely N-dealkylation sites (tertiary alicyclic amines) is 1. The van der Waals surface area contributed by atoms with E-state index in [4.69, 9.17) is 4.74 Å². The van der Waals surface area contributed by atoms with Gasteiger partial charge in [-0.05, 0) is 45.7 Å². The number of fused-ring (bicyclic) bond motifs is 3. The number of carbonyl (C=O) groups excluding carboxylic acids is 1. The molecule has 1 aliphatic heterocycles. The van der Waals surface area contributed by atoms with E-state index in [0.717, 1.165) is 41.2 Å². The first-order chi connectivity index (χ1) is 16.9. The SMILES string of the molecule is CC(C)(C)OC(=O)N1CCCC1c1ncc(-c2ccc3c(c2)sc2cc(-c4cnc[nH]4)ccc23)[nH]1. The second-order valence-electron chi connectivity index (χ2n) is 10.0. The molecule has 4 heterocycles. The largest absolute Gasteiger partial charge is 0.444 e. The average Bonchev–Trinajstić information content (AvgIpc) is 3.62. The highest BCUT2D eigenvalue weighted by molar-refractivity contribution is 7.25. The molecule has 1 atom stereocenters. The van der Waals surface area contributed by atoms with Crippen molar-refractivity contribution in [1.82, 2.24) is 24.8 Å². The van der Waals surface area contributed by atoms with E-state index >= 15 is 0 Å². The van der Waals surface area contributed by atoms with Crippen molar-refractivity contribution in [1.29, 1.82) is 0 Å². The Balaban J connectivity index is 1.29. The summed E-state index contributed by atoms with van der Waals surface area (Å²) < 4.78 is 8.09. The minimum atomic E-state index is -0.517. The summed E-state index contributed by atoms with van der Waals surface area (Å²) in [5.74, 6) is 0.809. The monoisotopic (exact) mass is 485 g/mol. The van der Waals surface area contributed by atoms with E-state index in [-0.39, 0.29) is 12.1 Å². The topological polar surface area (TPSA) is 86.9 Å². The van der Waals surface area contributed by atoms with E-state index in [9.17, 15) is 4.79 Å². The van der Waals surface area contributed by atoms with Crippen LogP contribution in [0.15, 0.2) is 55.1 Å². The predicted octanol–water partition coefficient (Wildman–Crippen LogP) is 6.91. The van der Waals surface area contributed by atoms with Crippen LogP contribution in [0.3, 0.4) is 0 Å². The van der Waals surface area contributed by atoms with Gasteiger partial charge in [-0.2, -0.15) is 0 Å². The smallest absolute Gasteiger partial charge is 0.410 e. The average molecular weight is 486 g/mol. The Morgan fingerprint density at radius 3 is 2.43 bits per heavy atom. The molecule has 1 unspecified atom stereocenters. The highest BCUT2D eigenvalue weighted by Crippen LogP contribution is 2.38. The summed E-state index contributed by atoms with van der Waals surface area (Å²) in [6, 6.07) is 13.0. The van der Waals surface area contributed by atoms with Gasteiger partial charge < -0.3 is 14.7 Å². The van der Waals surface area contributed by atoms with Crippen LogP contribution in [0.4, 0.5) is 4.79 Å². The minimum Gasteiger partial charge on any atom is -0.444 e. The number of aromatic nitrogens is 4. The van der Waals surface area contributed by atoms with Crippen molar-refractivity contribution in [2.75, 3.05) is 6.54 Å². The maximum atomic E-state index is 12.7. The predicted molar refractivity (Wildman–Crippen MR) is 139 cm³/mol. The van der Waals surface area contributed by atoms with Crippen LogP contribution < -0.4 is 0 Å². The zero-order chi connectivity index (χ0) is 24.2. The first-order valence-corrected chi connectivity index (χ1v) is 12.7. The molecule has 0 saturated carbocycles. The molecule has 1 amide bonds. The Morgan fingerprint density at radius 2 is 1.77 bits per heavy atom. The molecule has 8 heteroatoms. The minimum absolute atomic E-state index is 0.0902. The fourth-order valence-electron chi connectivity index (χ4n) is 4.77. The van der Waals surface area contributed by atoms with Crippen molar-refractivity contribution < 1.29 is 9.53 Å². The van der Waals surface area contributed by atoms with Crippen molar-refractivity contribution >= 4 is 37.6 Å². The van der Waals surface area contributed by atoms with E-state index in [0.29, 0.717) is 6.54 Å². The van der Waals surface area contributed by atoms with Gasteiger partial charge in [-0.3, -0.25) is 4.90 Å². The van der Waals surface area contributed by atoms with Crippen LogP contribution in [-0.4, -0.2) is 43.1 Å². The van der Waals surface area contributed by atoms with Crippen molar-refractivity contribution in [3.05, 3.63) is 60.9 Å². The van der Waals surface area contributed by atoms with Crippen LogP contribution in [0.2, 0.25) is 0 Å². The maximum Gasteiger partial charge on any atom is 0.410 e. The number of hydrogen-bond acceptors (Lipinski definition) is 5. The molecule has 2 aromatic carbocycles. The van der Waals surface area contributed by atoms with Crippen LogP contribution in [0.5, 0.6) is 0 Å². The van der Waals surface area contributed by atoms with Gasteiger partial charge in [0.1, 0.15) is 11.4 Å². The summed E-state index contributed by atoms with van der Waals surface area (Å²) in [5, 5.41) is 2.50. The molecular weight excluding hydrogens is 458 g/mol. The van der Waals surface area contributed by atoms with Gasteiger partial charge in [-0.15, -0.1) is 11.3 Å². The molecule has 0 radical (unpaired) electrons. The summed E-state index contributed by atoms with van der Waals surface area (Å²) >= 11 is 1.79. The van der Waals surface area contributed by atoms with Gasteiger partial charge in [0.25, 0.3) is 0 Å². The van der Waals surface area contributed by atoms with Gasteiger partial charge in [-0.25, -0.2) is 14.8 Å². The van der Waals surface area contributed by atoms with Crippen LogP contribution >= 0.6 is 11.3 Å². The van der Waals surface area contributed by atoms with Crippen molar-refractivity contribution in [2.24, 2.45) is 0 Å². The summed E-state index contributed by atoms with van der Waals surface area (Å²) in [6.45, 7) is 6.36. The lowest BCUT2D eigenvalue weighted by Crippen LogP contribution is -2.36. The highest BCUT2D eigenvalue weighted by atomic mass is 32.1. The van der Waals surface area contributed by atoms with E-state index in [1.54, 1.807) is 22.6 Å². The lowest BCUT2D eigenvalue weighted by molar-refractivity contribution is 0.0218. The zero-order valence-corrected chi connectivity index (χ0v) is 20.8. The lowest BCUT2D eigenvalue weighted by Gasteiger charge is -2.27. The van der Waals surface area contributed by atoms with Crippen LogP contribution in [0.1, 0.15) is 45.5 Å². The molecule has 3 aromatic heterocycles. The number of ether oxygens (including phenoxy) is 1. The van der Waals surface area contributed by atoms with Gasteiger partial charge >= 0.3 is 6.09 Å². The van der Waals surface area contributed by atoms with Gasteiger partial charge in [0.05, 0.1) is 36.2 Å². The highest BCUT2D eigenvalue weighted by Gasteiger charge is 2.34. The molecule has 5 aromatic rings. The molecule has 1 aliphatic rings. The maximum absolute atomic E-state index is 12.7. The van der Waals surface area contributed by atoms with Crippen molar-refractivity contribution in [3.63, 3.8) is 0 Å². The first kappa shape index (κ1) is 21.9. The number of thiophene rings is 1. The fourth-order valence-corrected chi connectivity index (χ4v) is 5.95. The van der Waals surface area contributed by atoms with Gasteiger partial charge in [-0.1, -0.05) is 24.3 Å². The van der Waals surface area contributed by atoms with E-state index in [1.165, 1.54) is 20.2 Å². The number of amides is 1. The van der Waals surface area contributed by atoms with Gasteiger partial charge in [0.15, 0.2) is 0 Å². The zero-order valence-electron chi connectivity index (χ0n) is 20.0. The molecule has 35 heavy (non-hydrogen) atoms. The Morgan fingerprint density at radius 1 is 1.06 bits per heavy atom. The van der Waals surface area contributed by atoms with Crippen LogP contribution in [-0.2, 0) is 4.74 Å². The first-order valence-electron chi connectivity index (χ1n) is 11.9. The molecule has 1 saturated heterocycles. The number of nitrogens with one attached hydrogen (secondary N) is 2. The summed E-state index contributed by atoms with van der Waals surface area (Å²) in [5.41, 5.74) is 3.66. The van der Waals surface area contributed by atoms with Crippen molar-refractivity contribution in [2.45, 2.75) is 45.3 Å². The fraction of sp³-hybridized carbons (Fsp3) is 0.296. The molecule has 6 rings (SSSR count).